The van der Waals surface area contributed by atoms with E-state index in [1.165, 1.54) is 36.5 Å². The highest BCUT2D eigenvalue weighted by atomic mass is 32.2. The minimum absolute atomic E-state index is 0.0145. The van der Waals surface area contributed by atoms with Crippen molar-refractivity contribution < 1.29 is 82.6 Å². The van der Waals surface area contributed by atoms with Crippen LogP contribution in [-0.4, -0.2) is 213 Å². The fourth-order valence-electron chi connectivity index (χ4n) is 12.1. The van der Waals surface area contributed by atoms with Crippen molar-refractivity contribution in [1.29, 1.82) is 0 Å². The van der Waals surface area contributed by atoms with Gasteiger partial charge in [-0.25, -0.2) is 4.79 Å². The Bertz CT molecular complexity index is 3980. The van der Waals surface area contributed by atoms with Crippen molar-refractivity contribution in [2.75, 3.05) is 68.2 Å². The van der Waals surface area contributed by atoms with Gasteiger partial charge in [-0.3, -0.25) is 68.2 Å². The van der Waals surface area contributed by atoms with Crippen LogP contribution in [0.15, 0.2) is 126 Å². The Kier molecular flexibility index (Phi) is 47.1. The Balaban J connectivity index is 1.68. The Hall–Kier alpha value is -10.2. The van der Waals surface area contributed by atoms with Gasteiger partial charge >= 0.3 is 5.97 Å². The van der Waals surface area contributed by atoms with Gasteiger partial charge in [0.15, 0.2) is 5.78 Å². The summed E-state index contributed by atoms with van der Waals surface area (Å²) in [6.07, 6.45) is 7.68. The number of nitro benzene ring substituents is 2. The molecule has 0 unspecified atom stereocenters. The van der Waals surface area contributed by atoms with Crippen molar-refractivity contribution in [3.8, 4) is 0 Å². The Morgan fingerprint density at radius 2 is 1.03 bits per heavy atom. The van der Waals surface area contributed by atoms with Gasteiger partial charge in [-0.05, 0) is 184 Å². The van der Waals surface area contributed by atoms with Crippen molar-refractivity contribution in [3.05, 3.63) is 169 Å². The Labute approximate surface area is 697 Å². The smallest absolute Gasteiger partial charge is 0.326 e. The number of nitro groups is 2. The molecule has 0 radical (unpaired) electrons. The largest absolute Gasteiger partial charge is 0.480 e. The quantitative estimate of drug-likeness (QED) is 0.00881. The van der Waals surface area contributed by atoms with Crippen LogP contribution >= 0.6 is 23.5 Å². The zero-order chi connectivity index (χ0) is 87.1. The number of nitrogens with two attached hydrogens (primary N) is 3. The molecular formula is C82H119N15O19S2. The molecule has 118 heavy (non-hydrogen) atoms. The SMILES string of the molecule is CC[C@H](C)[C@H](NC(=O)[C@H](CCCCNc1ccc([N+](=O)[O-])cc1[N+](=O)[O-])NC(=O)[C@H](CSC/C=C(\C)CC/C=C(\C)COCc1cccc(C(=O)c2ccccc2)c1)NC(=O)[C@H](CCCCN)NC(=O)[C@@H](NC(=O)[C@H](CCCCN)NC(=O)[C@H](CO)NC(=O)[C@H](CCCCN)NC(=O)c1ccccc1)[C@@H](C)O)C(=O)N[C@@H](CCSC)C(=O)O. The number of hydrogen-bond donors (Lipinski definition) is 16. The van der Waals surface area contributed by atoms with Crippen LogP contribution in [0.25, 0.3) is 0 Å². The van der Waals surface area contributed by atoms with E-state index in [1.807, 2.05) is 50.3 Å². The summed E-state index contributed by atoms with van der Waals surface area (Å²) in [6.45, 7) is 8.71. The summed E-state index contributed by atoms with van der Waals surface area (Å²) >= 11 is 2.58. The van der Waals surface area contributed by atoms with E-state index in [9.17, 15) is 78.7 Å². The van der Waals surface area contributed by atoms with Crippen molar-refractivity contribution in [3.63, 3.8) is 0 Å². The second kappa shape index (κ2) is 55.5. The monoisotopic (exact) mass is 1680 g/mol. The topological polar surface area (TPSA) is 542 Å². The number of rotatable bonds is 59. The van der Waals surface area contributed by atoms with Crippen molar-refractivity contribution in [1.82, 2.24) is 47.9 Å². The number of thioether (sulfide) groups is 2. The van der Waals surface area contributed by atoms with Gasteiger partial charge in [0.25, 0.3) is 17.3 Å². The first-order valence-electron chi connectivity index (χ1n) is 39.7. The standard InChI is InChI=1S/C82H119N15O19S2/c1-7-54(4)70(80(108)91-66(82(110)111)39-44-117-6)94-76(104)65(35-17-21-43-86-61-37-36-60(96(112)113)47-69(61)97(114)115)89-79(107)68(51-118-45-38-52(2)24-22-25-53(3)49-116-50-56-26-23-31-59(46-56)72(100)57-27-10-8-11-28-57)93-75(103)63(33-15-19-41-84)90-81(109)71(55(5)99)95-77(105)64(34-16-20-42-85)88-78(106)67(48-98)92-74(102)62(32-14-18-40-83)87-73(101)58-29-12-9-13-30-58/h8-13,23,25-31,36-38,46-47,54-55,62-68,70-71,86,98-99H,7,14-22,24,32-35,39-45,48-51,83-85H2,1-6H3,(H,87,101)(H,88,106)(H,89,107)(H,90,109)(H,91,108)(H,92,102)(H,93,103)(H,94,104)(H,95,105)(H,110,111)/b52-38+,53-25+/t54-,55+,62-,63-,64-,65-,66-,67-,68-,70-,71-/m0/s1. The predicted molar refractivity (Wildman–Crippen MR) is 453 cm³/mol. The molecule has 36 heteroatoms. The number of hydrogen-bond acceptors (Lipinski definition) is 24. The van der Waals surface area contributed by atoms with Crippen molar-refractivity contribution in [2.45, 2.75) is 204 Å². The van der Waals surface area contributed by atoms with Crippen LogP contribution < -0.4 is 70.4 Å². The number of ketones is 1. The van der Waals surface area contributed by atoms with E-state index < -0.39 is 153 Å². The van der Waals surface area contributed by atoms with Crippen LogP contribution in [0.2, 0.25) is 0 Å². The van der Waals surface area contributed by atoms with Gasteiger partial charge in [-0.2, -0.15) is 23.5 Å². The second-order valence-electron chi connectivity index (χ2n) is 28.7. The summed E-state index contributed by atoms with van der Waals surface area (Å²) in [6, 6.07) is 14.0. The van der Waals surface area contributed by atoms with Gasteiger partial charge in [0.1, 0.15) is 60.1 Å². The number of carbonyl (C=O) groups excluding carboxylic acids is 10. The number of nitrogens with one attached hydrogen (secondary N) is 10. The van der Waals surface area contributed by atoms with Crippen LogP contribution in [0.4, 0.5) is 17.1 Å². The number of aliphatic hydroxyl groups excluding tert-OH is 2. The van der Waals surface area contributed by atoms with Gasteiger partial charge in [0, 0.05) is 40.8 Å². The zero-order valence-electron chi connectivity index (χ0n) is 68.0. The van der Waals surface area contributed by atoms with Crippen LogP contribution in [0.1, 0.15) is 169 Å². The van der Waals surface area contributed by atoms with Crippen LogP contribution in [0, 0.1) is 26.1 Å². The van der Waals surface area contributed by atoms with E-state index in [-0.39, 0.29) is 113 Å². The van der Waals surface area contributed by atoms with Gasteiger partial charge in [0.05, 0.1) is 41.8 Å². The number of amides is 9. The Morgan fingerprint density at radius 1 is 0.534 bits per heavy atom. The van der Waals surface area contributed by atoms with Crippen LogP contribution in [-0.2, 0) is 54.5 Å². The second-order valence-corrected chi connectivity index (χ2v) is 30.8. The van der Waals surface area contributed by atoms with Crippen molar-refractivity contribution in [2.24, 2.45) is 23.1 Å². The molecule has 0 fully saturated rings. The van der Waals surface area contributed by atoms with Gasteiger partial charge in [-0.1, -0.05) is 110 Å². The fraction of sp³-hybridized carbons (Fsp3) is 0.524. The maximum Gasteiger partial charge on any atom is 0.326 e. The summed E-state index contributed by atoms with van der Waals surface area (Å²) in [5.74, 6) is -9.64. The molecule has 0 saturated carbocycles. The van der Waals surface area contributed by atoms with Crippen LogP contribution in [0.5, 0.6) is 0 Å². The molecule has 9 amide bonds. The predicted octanol–water partition coefficient (Wildman–Crippen LogP) is 5.26. The fourth-order valence-corrected chi connectivity index (χ4v) is 13.6. The number of anilines is 1. The third-order valence-electron chi connectivity index (χ3n) is 19.2. The molecule has 34 nitrogen and oxygen atoms in total. The number of nitrogens with zero attached hydrogens (tertiary/aromatic N) is 2. The molecular weight excluding hydrogens is 1560 g/mol. The van der Waals surface area contributed by atoms with E-state index in [1.54, 1.807) is 80.8 Å². The number of carboxylic acid groups (broad SMARTS) is 1. The molecule has 648 valence electrons. The maximum absolute atomic E-state index is 15.2. The number of aliphatic carboxylic acids is 1. The molecule has 0 heterocycles. The van der Waals surface area contributed by atoms with E-state index in [0.717, 1.165) is 28.8 Å². The van der Waals surface area contributed by atoms with Gasteiger partial charge in [0.2, 0.25) is 47.3 Å². The highest BCUT2D eigenvalue weighted by Gasteiger charge is 2.38. The lowest BCUT2D eigenvalue weighted by Gasteiger charge is -2.29. The van der Waals surface area contributed by atoms with Crippen LogP contribution in [0.3, 0.4) is 0 Å². The highest BCUT2D eigenvalue weighted by molar-refractivity contribution is 7.99. The molecule has 0 saturated heterocycles. The normalized spacial score (nSPS) is 14.3. The molecule has 0 aliphatic carbocycles. The number of carbonyl (C=O) groups is 11. The number of aliphatic hydroxyl groups is 2. The summed E-state index contributed by atoms with van der Waals surface area (Å²) in [5.41, 5.74) is 20.4. The first kappa shape index (κ1) is 100. The number of unbranched alkanes of at least 4 members (excludes halogenated alkanes) is 4. The number of non-ortho nitro benzene ring substituents is 1. The lowest BCUT2D eigenvalue weighted by atomic mass is 9.97. The first-order valence-corrected chi connectivity index (χ1v) is 42.3. The molecule has 4 aromatic rings. The average Bonchev–Trinajstić information content (AvgIpc) is 0.907. The third-order valence-corrected chi connectivity index (χ3v) is 20.9. The molecule has 0 bridgehead atoms. The van der Waals surface area contributed by atoms with Gasteiger partial charge < -0.3 is 90.4 Å². The number of allylic oxidation sites excluding steroid dienone is 2. The van der Waals surface area contributed by atoms with E-state index >= 15 is 9.59 Å². The average molecular weight is 1680 g/mol. The minimum Gasteiger partial charge on any atom is -0.480 e. The molecule has 0 aromatic heterocycles. The Morgan fingerprint density at radius 3 is 1.56 bits per heavy atom. The van der Waals surface area contributed by atoms with Crippen molar-refractivity contribution >= 4 is 106 Å². The highest BCUT2D eigenvalue weighted by Crippen LogP contribution is 2.29. The number of carboxylic acids is 1. The minimum atomic E-state index is -1.84. The molecule has 4 rings (SSSR count). The molecule has 0 aliphatic heterocycles. The lowest BCUT2D eigenvalue weighted by Crippen LogP contribution is -2.62. The van der Waals surface area contributed by atoms with Gasteiger partial charge in [-0.15, -0.1) is 0 Å². The number of ether oxygens (including phenoxy) is 1. The first-order chi connectivity index (χ1) is 56.5. The third kappa shape index (κ3) is 36.3. The molecule has 11 atom stereocenters. The zero-order valence-corrected chi connectivity index (χ0v) is 69.7. The maximum atomic E-state index is 15.2. The molecule has 0 aliphatic rings. The van der Waals surface area contributed by atoms with E-state index in [4.69, 9.17) is 21.9 Å². The molecule has 19 N–H and O–H groups in total. The summed E-state index contributed by atoms with van der Waals surface area (Å²) in [5, 5.41) is 81.7. The number of benzene rings is 4. The van der Waals surface area contributed by atoms with E-state index in [0.29, 0.717) is 75.0 Å². The summed E-state index contributed by atoms with van der Waals surface area (Å²) in [7, 11) is 0. The summed E-state index contributed by atoms with van der Waals surface area (Å²) < 4.78 is 6.02. The van der Waals surface area contributed by atoms with E-state index in [2.05, 4.69) is 53.2 Å². The molecule has 4 aromatic carbocycles. The molecule has 0 spiro atoms. The lowest BCUT2D eigenvalue weighted by molar-refractivity contribution is -0.393. The summed E-state index contributed by atoms with van der Waals surface area (Å²) in [4.78, 5) is 177.